The molecule has 2 rings (SSSR count). The molecule has 4 nitrogen and oxygen atoms in total. The molecule has 0 fully saturated rings. The minimum Gasteiger partial charge on any atom is -0.437 e. The minimum atomic E-state index is -0.0384. The third-order valence-corrected chi connectivity index (χ3v) is 4.80. The standard InChI is InChI=1S/C19H26N2O2S/c1-11(2)15-8-7-9-16(12(3)4)18(15)21-17(22)10-24-19-20-13(5)14(6)23-19/h7-9,11-12H,10H2,1-6H3,(H,21,22). The van der Waals surface area contributed by atoms with Gasteiger partial charge in [0.15, 0.2) is 0 Å². The number of rotatable bonds is 6. The molecule has 5 heteroatoms. The number of aryl methyl sites for hydroxylation is 2. The fraction of sp³-hybridized carbons (Fsp3) is 0.474. The molecular formula is C19H26N2O2S. The number of nitrogens with zero attached hydrogens (tertiary/aromatic N) is 1. The maximum Gasteiger partial charge on any atom is 0.256 e. The second-order valence-electron chi connectivity index (χ2n) is 6.58. The Hall–Kier alpha value is -1.75. The van der Waals surface area contributed by atoms with Gasteiger partial charge in [0, 0.05) is 5.69 Å². The molecule has 1 heterocycles. The van der Waals surface area contributed by atoms with E-state index in [1.165, 1.54) is 22.9 Å². The highest BCUT2D eigenvalue weighted by Gasteiger charge is 2.16. The number of anilines is 1. The van der Waals surface area contributed by atoms with Gasteiger partial charge >= 0.3 is 0 Å². The summed E-state index contributed by atoms with van der Waals surface area (Å²) >= 11 is 1.32. The molecule has 0 atom stereocenters. The molecule has 24 heavy (non-hydrogen) atoms. The smallest absolute Gasteiger partial charge is 0.256 e. The quantitative estimate of drug-likeness (QED) is 0.724. The molecule has 1 aromatic heterocycles. The van der Waals surface area contributed by atoms with Gasteiger partial charge < -0.3 is 9.73 Å². The molecule has 0 aliphatic carbocycles. The molecule has 1 aromatic carbocycles. The highest BCUT2D eigenvalue weighted by atomic mass is 32.2. The Kier molecular flexibility index (Phi) is 6.10. The fourth-order valence-corrected chi connectivity index (χ4v) is 3.22. The van der Waals surface area contributed by atoms with Crippen LogP contribution in [0.2, 0.25) is 0 Å². The fourth-order valence-electron chi connectivity index (χ4n) is 2.50. The van der Waals surface area contributed by atoms with Crippen LogP contribution in [0, 0.1) is 13.8 Å². The van der Waals surface area contributed by atoms with Gasteiger partial charge in [0.25, 0.3) is 5.22 Å². The van der Waals surface area contributed by atoms with Crippen LogP contribution in [0.15, 0.2) is 27.8 Å². The Balaban J connectivity index is 2.13. The lowest BCUT2D eigenvalue weighted by atomic mass is 9.92. The summed E-state index contributed by atoms with van der Waals surface area (Å²) in [7, 11) is 0. The van der Waals surface area contributed by atoms with E-state index in [1.54, 1.807) is 0 Å². The second-order valence-corrected chi connectivity index (χ2v) is 7.51. The minimum absolute atomic E-state index is 0.0384. The Morgan fingerprint density at radius 3 is 2.21 bits per heavy atom. The zero-order chi connectivity index (χ0) is 17.9. The maximum atomic E-state index is 12.4. The predicted octanol–water partition coefficient (Wildman–Crippen LogP) is 5.27. The number of oxazole rings is 1. The van der Waals surface area contributed by atoms with Crippen LogP contribution in [0.4, 0.5) is 5.69 Å². The van der Waals surface area contributed by atoms with Crippen LogP contribution in [-0.2, 0) is 4.79 Å². The number of aromatic nitrogens is 1. The number of amides is 1. The largest absolute Gasteiger partial charge is 0.437 e. The van der Waals surface area contributed by atoms with Crippen molar-refractivity contribution in [3.05, 3.63) is 40.8 Å². The summed E-state index contributed by atoms with van der Waals surface area (Å²) in [4.78, 5) is 16.7. The van der Waals surface area contributed by atoms with Gasteiger partial charge in [-0.3, -0.25) is 4.79 Å². The van der Waals surface area contributed by atoms with Crippen molar-refractivity contribution in [2.45, 2.75) is 58.6 Å². The molecule has 1 N–H and O–H groups in total. The van der Waals surface area contributed by atoms with Crippen LogP contribution < -0.4 is 5.32 Å². The van der Waals surface area contributed by atoms with E-state index >= 15 is 0 Å². The molecule has 2 aromatic rings. The van der Waals surface area contributed by atoms with Gasteiger partial charge in [-0.1, -0.05) is 57.7 Å². The van der Waals surface area contributed by atoms with Gasteiger partial charge in [-0.05, 0) is 36.8 Å². The lowest BCUT2D eigenvalue weighted by molar-refractivity contribution is -0.113. The second kappa shape index (κ2) is 7.88. The SMILES string of the molecule is Cc1nc(SCC(=O)Nc2c(C(C)C)cccc2C(C)C)oc1C. The summed E-state index contributed by atoms with van der Waals surface area (Å²) in [6.45, 7) is 12.3. The lowest BCUT2D eigenvalue weighted by Gasteiger charge is -2.20. The van der Waals surface area contributed by atoms with Crippen molar-refractivity contribution < 1.29 is 9.21 Å². The number of benzene rings is 1. The first kappa shape index (κ1) is 18.6. The highest BCUT2D eigenvalue weighted by molar-refractivity contribution is 7.99. The van der Waals surface area contributed by atoms with E-state index in [0.717, 1.165) is 17.1 Å². The van der Waals surface area contributed by atoms with E-state index in [1.807, 2.05) is 13.8 Å². The number of carbonyl (C=O) groups is 1. The van der Waals surface area contributed by atoms with E-state index in [9.17, 15) is 4.79 Å². The average Bonchev–Trinajstić information content (AvgIpc) is 2.83. The zero-order valence-corrected chi connectivity index (χ0v) is 16.1. The third-order valence-electron chi connectivity index (χ3n) is 3.97. The summed E-state index contributed by atoms with van der Waals surface area (Å²) in [6.07, 6.45) is 0. The topological polar surface area (TPSA) is 55.1 Å². The van der Waals surface area contributed by atoms with Crippen molar-refractivity contribution in [1.82, 2.24) is 4.98 Å². The van der Waals surface area contributed by atoms with Gasteiger partial charge in [-0.25, -0.2) is 4.98 Å². The van der Waals surface area contributed by atoms with E-state index in [4.69, 9.17) is 4.42 Å². The summed E-state index contributed by atoms with van der Waals surface area (Å²) in [5.41, 5.74) is 4.16. The number of para-hydroxylation sites is 1. The molecule has 0 unspecified atom stereocenters. The third kappa shape index (κ3) is 4.41. The number of nitrogens with one attached hydrogen (secondary N) is 1. The molecule has 0 bridgehead atoms. The molecular weight excluding hydrogens is 320 g/mol. The summed E-state index contributed by atoms with van der Waals surface area (Å²) in [5.74, 6) is 1.74. The first-order valence-electron chi connectivity index (χ1n) is 8.29. The monoisotopic (exact) mass is 346 g/mol. The highest BCUT2D eigenvalue weighted by Crippen LogP contribution is 2.32. The zero-order valence-electron chi connectivity index (χ0n) is 15.3. The molecule has 0 spiro atoms. The van der Waals surface area contributed by atoms with Gasteiger partial charge in [0.1, 0.15) is 5.76 Å². The van der Waals surface area contributed by atoms with Crippen molar-refractivity contribution in [3.8, 4) is 0 Å². The Bertz CT molecular complexity index is 674. The van der Waals surface area contributed by atoms with E-state index in [-0.39, 0.29) is 11.7 Å². The average molecular weight is 346 g/mol. The van der Waals surface area contributed by atoms with E-state index in [0.29, 0.717) is 17.1 Å². The molecule has 1 amide bonds. The van der Waals surface area contributed by atoms with Gasteiger partial charge in [0.05, 0.1) is 11.4 Å². The summed E-state index contributed by atoms with van der Waals surface area (Å²) in [6, 6.07) is 6.23. The van der Waals surface area contributed by atoms with Crippen LogP contribution in [0.25, 0.3) is 0 Å². The Morgan fingerprint density at radius 2 is 1.75 bits per heavy atom. The van der Waals surface area contributed by atoms with Crippen LogP contribution in [-0.4, -0.2) is 16.6 Å². The predicted molar refractivity (Wildman–Crippen MR) is 100.0 cm³/mol. The number of hydrogen-bond donors (Lipinski definition) is 1. The first-order valence-corrected chi connectivity index (χ1v) is 9.27. The Morgan fingerprint density at radius 1 is 1.17 bits per heavy atom. The van der Waals surface area contributed by atoms with E-state index < -0.39 is 0 Å². The van der Waals surface area contributed by atoms with Crippen molar-refractivity contribution >= 4 is 23.4 Å². The number of hydrogen-bond acceptors (Lipinski definition) is 4. The van der Waals surface area contributed by atoms with Crippen molar-refractivity contribution in [3.63, 3.8) is 0 Å². The molecule has 0 radical (unpaired) electrons. The maximum absolute atomic E-state index is 12.4. The summed E-state index contributed by atoms with van der Waals surface area (Å²) < 4.78 is 5.51. The molecule has 0 saturated heterocycles. The van der Waals surface area contributed by atoms with Crippen LogP contribution >= 0.6 is 11.8 Å². The first-order chi connectivity index (χ1) is 11.3. The van der Waals surface area contributed by atoms with Gasteiger partial charge in [-0.15, -0.1) is 0 Å². The lowest BCUT2D eigenvalue weighted by Crippen LogP contribution is -2.17. The van der Waals surface area contributed by atoms with Crippen molar-refractivity contribution in [2.75, 3.05) is 11.1 Å². The van der Waals surface area contributed by atoms with Crippen molar-refractivity contribution in [2.24, 2.45) is 0 Å². The van der Waals surface area contributed by atoms with Crippen molar-refractivity contribution in [1.29, 1.82) is 0 Å². The van der Waals surface area contributed by atoms with Crippen LogP contribution in [0.1, 0.15) is 62.1 Å². The number of carbonyl (C=O) groups excluding carboxylic acids is 1. The molecule has 0 saturated carbocycles. The van der Waals surface area contributed by atoms with Crippen LogP contribution in [0.3, 0.4) is 0 Å². The van der Waals surface area contributed by atoms with Gasteiger partial charge in [-0.2, -0.15) is 0 Å². The molecule has 130 valence electrons. The summed E-state index contributed by atoms with van der Waals surface area (Å²) in [5, 5.41) is 3.65. The number of thioether (sulfide) groups is 1. The van der Waals surface area contributed by atoms with E-state index in [2.05, 4.69) is 56.2 Å². The molecule has 0 aliphatic rings. The Labute approximate surface area is 148 Å². The van der Waals surface area contributed by atoms with Crippen LogP contribution in [0.5, 0.6) is 0 Å². The normalized spacial score (nSPS) is 11.3. The molecule has 0 aliphatic heterocycles. The van der Waals surface area contributed by atoms with Gasteiger partial charge in [0.2, 0.25) is 5.91 Å².